The molecule has 0 N–H and O–H groups in total. The first-order valence-corrected chi connectivity index (χ1v) is 5.99. The molecule has 19 heavy (non-hydrogen) atoms. The highest BCUT2D eigenvalue weighted by Crippen LogP contribution is 2.20. The topological polar surface area (TPSA) is 9.23 Å². The van der Waals surface area contributed by atoms with E-state index in [4.69, 9.17) is 4.74 Å². The summed E-state index contributed by atoms with van der Waals surface area (Å²) in [5, 5.41) is 0. The number of rotatable bonds is 5. The molecule has 0 heterocycles. The fraction of sp³-hybridized carbons (Fsp3) is 0.143. The second-order valence-corrected chi connectivity index (χ2v) is 4.34. The highest BCUT2D eigenvalue weighted by molar-refractivity contribution is 6.57. The average Bonchev–Trinajstić information content (AvgIpc) is 2.36. The lowest BCUT2D eigenvalue weighted by atomic mass is 9.82. The van der Waals surface area contributed by atoms with Gasteiger partial charge in [0.15, 0.2) is 0 Å². The molecule has 0 atom stereocenters. The monoisotopic (exact) mass is 265 g/mol. The van der Waals surface area contributed by atoms with Crippen LogP contribution in [0, 0.1) is 0 Å². The Bertz CT molecular complexity index is 526. The van der Waals surface area contributed by atoms with E-state index in [9.17, 15) is 12.9 Å². The number of hydrogen-bond acceptors (Lipinski definition) is 1. The molecule has 5 heteroatoms. The van der Waals surface area contributed by atoms with Crippen LogP contribution in [0.1, 0.15) is 11.1 Å². The van der Waals surface area contributed by atoms with Gasteiger partial charge in [-0.05, 0) is 17.7 Å². The fourth-order valence-electron chi connectivity index (χ4n) is 1.77. The maximum absolute atomic E-state index is 12.3. The maximum atomic E-state index is 12.3. The van der Waals surface area contributed by atoms with Gasteiger partial charge in [-0.3, -0.25) is 0 Å². The van der Waals surface area contributed by atoms with Crippen molar-refractivity contribution < 1.29 is 17.7 Å². The third kappa shape index (κ3) is 4.70. The lowest BCUT2D eigenvalue weighted by Crippen LogP contribution is -2.19. The third-order valence-electron chi connectivity index (χ3n) is 2.61. The van der Waals surface area contributed by atoms with Crippen molar-refractivity contribution >= 4 is 6.98 Å². The molecule has 0 aliphatic rings. The molecule has 0 spiro atoms. The molecule has 100 valence electrons. The van der Waals surface area contributed by atoms with Crippen LogP contribution < -0.4 is 4.74 Å². The van der Waals surface area contributed by atoms with Gasteiger partial charge in [0.25, 0.3) is 0 Å². The Hall–Kier alpha value is -1.91. The van der Waals surface area contributed by atoms with Crippen LogP contribution in [0.5, 0.6) is 5.75 Å². The molecule has 0 saturated heterocycles. The summed E-state index contributed by atoms with van der Waals surface area (Å²) >= 11 is 0. The van der Waals surface area contributed by atoms with Gasteiger partial charge in [0, 0.05) is 0 Å². The lowest BCUT2D eigenvalue weighted by molar-refractivity contribution is 0.306. The van der Waals surface area contributed by atoms with Gasteiger partial charge in [-0.25, -0.2) is 0 Å². The molecule has 0 aliphatic carbocycles. The molecule has 0 aliphatic heterocycles. The van der Waals surface area contributed by atoms with Gasteiger partial charge in [-0.15, -0.1) is 0 Å². The van der Waals surface area contributed by atoms with Crippen molar-refractivity contribution in [3.63, 3.8) is 0 Å². The summed E-state index contributed by atoms with van der Waals surface area (Å²) in [6, 6.07) is 15.6. The van der Waals surface area contributed by atoms with Crippen LogP contribution in [0.25, 0.3) is 0 Å². The predicted octanol–water partition coefficient (Wildman–Crippen LogP) is 4.19. The van der Waals surface area contributed by atoms with Crippen LogP contribution in [0.3, 0.4) is 0 Å². The first kappa shape index (κ1) is 13.5. The van der Waals surface area contributed by atoms with E-state index >= 15 is 0 Å². The van der Waals surface area contributed by atoms with Crippen molar-refractivity contribution in [2.45, 2.75) is 12.9 Å². The second kappa shape index (κ2) is 5.82. The summed E-state index contributed by atoms with van der Waals surface area (Å²) in [4.78, 5) is 0. The minimum atomic E-state index is -4.81. The van der Waals surface area contributed by atoms with Crippen LogP contribution in [0.4, 0.5) is 12.9 Å². The minimum absolute atomic E-state index is 0.234. The first-order valence-electron chi connectivity index (χ1n) is 5.99. The highest BCUT2D eigenvalue weighted by atomic mass is 19.4. The van der Waals surface area contributed by atoms with Crippen LogP contribution in [0.15, 0.2) is 54.6 Å². The molecule has 1 nitrogen and oxygen atoms in total. The van der Waals surface area contributed by atoms with Gasteiger partial charge in [0.2, 0.25) is 0 Å². The molecule has 0 bridgehead atoms. The Morgan fingerprint density at radius 1 is 0.842 bits per heavy atom. The van der Waals surface area contributed by atoms with E-state index in [0.29, 0.717) is 12.4 Å². The molecule has 0 fully saturated rings. The average molecular weight is 265 g/mol. The molecular formula is C14H13BF3O-. The lowest BCUT2D eigenvalue weighted by Gasteiger charge is -2.14. The van der Waals surface area contributed by atoms with Crippen molar-refractivity contribution in [1.29, 1.82) is 0 Å². The quantitative estimate of drug-likeness (QED) is 0.736. The fourth-order valence-corrected chi connectivity index (χ4v) is 1.77. The molecule has 0 radical (unpaired) electrons. The summed E-state index contributed by atoms with van der Waals surface area (Å²) in [5.41, 5.74) is 1.21. The van der Waals surface area contributed by atoms with Crippen molar-refractivity contribution in [3.8, 4) is 5.75 Å². The van der Waals surface area contributed by atoms with E-state index in [-0.39, 0.29) is 5.56 Å². The molecule has 0 amide bonds. The standard InChI is InChI=1S/C14H13BF3O/c16-15(17,18)10-13-7-4-8-14(9-13)19-11-12-5-2-1-3-6-12/h1-9H,10-11H2/q-1. The summed E-state index contributed by atoms with van der Waals surface area (Å²) in [7, 11) is 0. The zero-order valence-corrected chi connectivity index (χ0v) is 10.2. The van der Waals surface area contributed by atoms with Gasteiger partial charge in [0.1, 0.15) is 12.4 Å². The van der Waals surface area contributed by atoms with Crippen LogP contribution in [-0.2, 0) is 12.9 Å². The van der Waals surface area contributed by atoms with E-state index in [1.807, 2.05) is 30.3 Å². The normalized spacial score (nSPS) is 11.3. The zero-order chi connectivity index (χ0) is 13.7. The first-order chi connectivity index (χ1) is 9.03. The molecular weight excluding hydrogens is 252 g/mol. The SMILES string of the molecule is F[B-](F)(F)Cc1cccc(OCc2ccccc2)c1. The smallest absolute Gasteiger partial charge is 0.482 e. The third-order valence-corrected chi connectivity index (χ3v) is 2.61. The van der Waals surface area contributed by atoms with Crippen molar-refractivity contribution in [2.75, 3.05) is 0 Å². The Morgan fingerprint density at radius 3 is 2.21 bits per heavy atom. The zero-order valence-electron chi connectivity index (χ0n) is 10.2. The van der Waals surface area contributed by atoms with E-state index in [0.717, 1.165) is 5.56 Å². The van der Waals surface area contributed by atoms with Crippen molar-refractivity contribution in [1.82, 2.24) is 0 Å². The molecule has 2 rings (SSSR count). The molecule has 0 aromatic heterocycles. The Kier molecular flexibility index (Phi) is 4.15. The van der Waals surface area contributed by atoms with Gasteiger partial charge >= 0.3 is 6.98 Å². The van der Waals surface area contributed by atoms with E-state index in [1.165, 1.54) is 12.1 Å². The molecule has 2 aromatic rings. The highest BCUT2D eigenvalue weighted by Gasteiger charge is 2.23. The van der Waals surface area contributed by atoms with Crippen molar-refractivity contribution in [2.24, 2.45) is 0 Å². The van der Waals surface area contributed by atoms with Gasteiger partial charge in [-0.1, -0.05) is 54.3 Å². The van der Waals surface area contributed by atoms with Gasteiger partial charge in [-0.2, -0.15) is 0 Å². The summed E-state index contributed by atoms with van der Waals surface area (Å²) < 4.78 is 42.5. The number of halogens is 3. The number of hydrogen-bond donors (Lipinski definition) is 0. The van der Waals surface area contributed by atoms with Gasteiger partial charge in [0.05, 0.1) is 0 Å². The van der Waals surface area contributed by atoms with E-state index in [2.05, 4.69) is 0 Å². The van der Waals surface area contributed by atoms with Gasteiger partial charge < -0.3 is 17.7 Å². The largest absolute Gasteiger partial charge is 0.489 e. The van der Waals surface area contributed by atoms with E-state index < -0.39 is 13.3 Å². The summed E-state index contributed by atoms with van der Waals surface area (Å²) in [6.45, 7) is -4.46. The Labute approximate surface area is 110 Å². The summed E-state index contributed by atoms with van der Waals surface area (Å²) in [6.07, 6.45) is -0.872. The second-order valence-electron chi connectivity index (χ2n) is 4.34. The van der Waals surface area contributed by atoms with Crippen LogP contribution in [-0.4, -0.2) is 6.98 Å². The summed E-state index contributed by atoms with van der Waals surface area (Å²) in [5.74, 6) is 0.460. The minimum Gasteiger partial charge on any atom is -0.489 e. The molecule has 0 unspecified atom stereocenters. The predicted molar refractivity (Wildman–Crippen MR) is 70.0 cm³/mol. The Morgan fingerprint density at radius 2 is 1.53 bits per heavy atom. The van der Waals surface area contributed by atoms with E-state index in [1.54, 1.807) is 12.1 Å². The maximum Gasteiger partial charge on any atom is 0.482 e. The molecule has 0 saturated carbocycles. The Balaban J connectivity index is 1.99. The van der Waals surface area contributed by atoms with Crippen LogP contribution >= 0.6 is 0 Å². The van der Waals surface area contributed by atoms with Crippen molar-refractivity contribution in [3.05, 3.63) is 65.7 Å². The molecule has 2 aromatic carbocycles. The number of benzene rings is 2. The number of ether oxygens (including phenoxy) is 1. The van der Waals surface area contributed by atoms with Crippen LogP contribution in [0.2, 0.25) is 0 Å².